The van der Waals surface area contributed by atoms with Crippen LogP contribution in [0.5, 0.6) is 5.75 Å². The Morgan fingerprint density at radius 1 is 1.29 bits per heavy atom. The van der Waals surface area contributed by atoms with Crippen LogP contribution in [0.3, 0.4) is 0 Å². The Morgan fingerprint density at radius 2 is 2.05 bits per heavy atom. The molecule has 0 bridgehead atoms. The van der Waals surface area contributed by atoms with Crippen molar-refractivity contribution in [2.24, 2.45) is 0 Å². The zero-order chi connectivity index (χ0) is 14.7. The molecule has 1 aliphatic heterocycles. The first-order valence-corrected chi connectivity index (χ1v) is 7.22. The number of aromatic carboxylic acids is 1. The average Bonchev–Trinajstić information content (AvgIpc) is 3.00. The fourth-order valence-corrected chi connectivity index (χ4v) is 2.74. The fraction of sp³-hybridized carbons (Fsp3) is 0.375. The van der Waals surface area contributed by atoms with Gasteiger partial charge in [-0.15, -0.1) is 0 Å². The van der Waals surface area contributed by atoms with Crippen LogP contribution < -0.4 is 4.74 Å². The van der Waals surface area contributed by atoms with Gasteiger partial charge < -0.3 is 9.84 Å². The molecule has 1 N–H and O–H groups in total. The number of nitrogens with zero attached hydrogens (tertiary/aromatic N) is 2. The number of likely N-dealkylation sites (tertiary alicyclic amines) is 1. The lowest BCUT2D eigenvalue weighted by Crippen LogP contribution is -2.25. The van der Waals surface area contributed by atoms with E-state index in [0.717, 1.165) is 19.6 Å². The topological polar surface area (TPSA) is 62.7 Å². The molecule has 1 saturated heterocycles. The van der Waals surface area contributed by atoms with Crippen molar-refractivity contribution in [2.45, 2.75) is 12.8 Å². The lowest BCUT2D eigenvalue weighted by atomic mass is 10.1. The highest BCUT2D eigenvalue weighted by molar-refractivity contribution is 6.04. The maximum absolute atomic E-state index is 11.5. The summed E-state index contributed by atoms with van der Waals surface area (Å²) in [5.74, 6) is -0.634. The third kappa shape index (κ3) is 2.97. The van der Waals surface area contributed by atoms with Crippen LogP contribution in [0, 0.1) is 0 Å². The van der Waals surface area contributed by atoms with Crippen molar-refractivity contribution >= 4 is 16.9 Å². The number of pyridine rings is 1. The Bertz CT molecular complexity index is 651. The SMILES string of the molecule is O=C(O)c1c(OCCN2CCCC2)cnc2ccccc12. The van der Waals surface area contributed by atoms with E-state index in [4.69, 9.17) is 4.74 Å². The first kappa shape index (κ1) is 13.8. The molecule has 5 nitrogen and oxygen atoms in total. The van der Waals surface area contributed by atoms with Gasteiger partial charge in [0.15, 0.2) is 5.75 Å². The predicted molar refractivity (Wildman–Crippen MR) is 79.9 cm³/mol. The Labute approximate surface area is 123 Å². The van der Waals surface area contributed by atoms with Crippen LogP contribution in [-0.4, -0.2) is 47.2 Å². The number of carboxylic acids is 1. The van der Waals surface area contributed by atoms with Crippen molar-refractivity contribution in [1.29, 1.82) is 0 Å². The first-order valence-electron chi connectivity index (χ1n) is 7.22. The summed E-state index contributed by atoms with van der Waals surface area (Å²) in [5, 5.41) is 10.1. The molecule has 2 aromatic rings. The molecule has 0 spiro atoms. The minimum Gasteiger partial charge on any atom is -0.490 e. The molecule has 21 heavy (non-hydrogen) atoms. The number of hydrogen-bond acceptors (Lipinski definition) is 4. The highest BCUT2D eigenvalue weighted by Gasteiger charge is 2.17. The normalized spacial score (nSPS) is 15.4. The van der Waals surface area contributed by atoms with E-state index in [1.165, 1.54) is 19.0 Å². The molecule has 0 amide bonds. The van der Waals surface area contributed by atoms with Crippen molar-refractivity contribution in [3.05, 3.63) is 36.0 Å². The summed E-state index contributed by atoms with van der Waals surface area (Å²) in [7, 11) is 0. The summed E-state index contributed by atoms with van der Waals surface area (Å²) in [6.07, 6.45) is 3.98. The number of carbonyl (C=O) groups is 1. The van der Waals surface area contributed by atoms with Gasteiger partial charge in [0, 0.05) is 11.9 Å². The smallest absolute Gasteiger partial charge is 0.340 e. The molecule has 1 aromatic carbocycles. The van der Waals surface area contributed by atoms with Gasteiger partial charge in [0.25, 0.3) is 0 Å². The number of rotatable bonds is 5. The number of carboxylic acid groups (broad SMARTS) is 1. The Morgan fingerprint density at radius 3 is 2.81 bits per heavy atom. The predicted octanol–water partition coefficient (Wildman–Crippen LogP) is 2.41. The number of para-hydroxylation sites is 1. The van der Waals surface area contributed by atoms with E-state index in [2.05, 4.69) is 9.88 Å². The second kappa shape index (κ2) is 6.10. The summed E-state index contributed by atoms with van der Waals surface area (Å²) >= 11 is 0. The van der Waals surface area contributed by atoms with Crippen LogP contribution in [0.15, 0.2) is 30.5 Å². The van der Waals surface area contributed by atoms with Crippen molar-refractivity contribution < 1.29 is 14.6 Å². The number of aromatic nitrogens is 1. The van der Waals surface area contributed by atoms with E-state index in [0.29, 0.717) is 23.3 Å². The summed E-state index contributed by atoms with van der Waals surface area (Å²) in [4.78, 5) is 18.1. The monoisotopic (exact) mass is 286 g/mol. The van der Waals surface area contributed by atoms with Gasteiger partial charge in [0.2, 0.25) is 0 Å². The number of ether oxygens (including phenoxy) is 1. The highest BCUT2D eigenvalue weighted by Crippen LogP contribution is 2.26. The number of fused-ring (bicyclic) bond motifs is 1. The molecule has 1 fully saturated rings. The van der Waals surface area contributed by atoms with E-state index >= 15 is 0 Å². The van der Waals surface area contributed by atoms with Crippen molar-refractivity contribution in [3.8, 4) is 5.75 Å². The van der Waals surface area contributed by atoms with E-state index in [9.17, 15) is 9.90 Å². The molecular weight excluding hydrogens is 268 g/mol. The van der Waals surface area contributed by atoms with Crippen LogP contribution in [0.1, 0.15) is 23.2 Å². The van der Waals surface area contributed by atoms with Crippen LogP contribution in [0.25, 0.3) is 10.9 Å². The zero-order valence-electron chi connectivity index (χ0n) is 11.8. The summed E-state index contributed by atoms with van der Waals surface area (Å²) in [6.45, 7) is 3.52. The Kier molecular flexibility index (Phi) is 4.01. The largest absolute Gasteiger partial charge is 0.490 e. The third-order valence-electron chi connectivity index (χ3n) is 3.82. The van der Waals surface area contributed by atoms with E-state index < -0.39 is 5.97 Å². The van der Waals surface area contributed by atoms with Gasteiger partial charge in [-0.05, 0) is 32.0 Å². The van der Waals surface area contributed by atoms with Gasteiger partial charge in [-0.25, -0.2) is 4.79 Å². The van der Waals surface area contributed by atoms with Gasteiger partial charge in [0.05, 0.1) is 11.7 Å². The van der Waals surface area contributed by atoms with Crippen molar-refractivity contribution in [2.75, 3.05) is 26.2 Å². The molecule has 1 aliphatic rings. The summed E-state index contributed by atoms with van der Waals surface area (Å²) in [5.41, 5.74) is 0.865. The molecule has 0 atom stereocenters. The Hall–Kier alpha value is -2.14. The molecule has 1 aromatic heterocycles. The number of hydrogen-bond donors (Lipinski definition) is 1. The van der Waals surface area contributed by atoms with Crippen molar-refractivity contribution in [3.63, 3.8) is 0 Å². The standard InChI is InChI=1S/C16H18N2O3/c19-16(20)15-12-5-1-2-6-13(12)17-11-14(15)21-10-9-18-7-3-4-8-18/h1-2,5-6,11H,3-4,7-10H2,(H,19,20). The molecular formula is C16H18N2O3. The molecule has 2 heterocycles. The first-order chi connectivity index (χ1) is 10.3. The highest BCUT2D eigenvalue weighted by atomic mass is 16.5. The fourth-order valence-electron chi connectivity index (χ4n) is 2.74. The Balaban J connectivity index is 1.80. The van der Waals surface area contributed by atoms with Gasteiger partial charge in [0.1, 0.15) is 12.2 Å². The van der Waals surface area contributed by atoms with E-state index in [-0.39, 0.29) is 5.56 Å². The molecule has 110 valence electrons. The second-order valence-corrected chi connectivity index (χ2v) is 5.22. The lowest BCUT2D eigenvalue weighted by molar-refractivity contribution is 0.0694. The minimum absolute atomic E-state index is 0.196. The zero-order valence-corrected chi connectivity index (χ0v) is 11.8. The molecule has 5 heteroatoms. The van der Waals surface area contributed by atoms with Gasteiger partial charge >= 0.3 is 5.97 Å². The maximum atomic E-state index is 11.5. The van der Waals surface area contributed by atoms with Crippen LogP contribution in [0.2, 0.25) is 0 Å². The quantitative estimate of drug-likeness (QED) is 0.914. The summed E-state index contributed by atoms with van der Waals surface area (Å²) < 4.78 is 5.68. The third-order valence-corrected chi connectivity index (χ3v) is 3.82. The van der Waals surface area contributed by atoms with Gasteiger partial charge in [-0.1, -0.05) is 18.2 Å². The number of benzene rings is 1. The van der Waals surface area contributed by atoms with Crippen LogP contribution >= 0.6 is 0 Å². The lowest BCUT2D eigenvalue weighted by Gasteiger charge is -2.16. The average molecular weight is 286 g/mol. The molecule has 3 rings (SSSR count). The van der Waals surface area contributed by atoms with E-state index in [1.54, 1.807) is 12.1 Å². The second-order valence-electron chi connectivity index (χ2n) is 5.22. The molecule has 0 aliphatic carbocycles. The van der Waals surface area contributed by atoms with Crippen molar-refractivity contribution in [1.82, 2.24) is 9.88 Å². The van der Waals surface area contributed by atoms with Gasteiger partial charge in [-0.3, -0.25) is 9.88 Å². The molecule has 0 radical (unpaired) electrons. The maximum Gasteiger partial charge on any atom is 0.340 e. The summed E-state index contributed by atoms with van der Waals surface area (Å²) in [6, 6.07) is 7.22. The minimum atomic E-state index is -0.982. The van der Waals surface area contributed by atoms with Gasteiger partial charge in [-0.2, -0.15) is 0 Å². The molecule has 0 saturated carbocycles. The van der Waals surface area contributed by atoms with Crippen LogP contribution in [-0.2, 0) is 0 Å². The van der Waals surface area contributed by atoms with E-state index in [1.807, 2.05) is 12.1 Å². The van der Waals surface area contributed by atoms with Crippen LogP contribution in [0.4, 0.5) is 0 Å². The molecule has 0 unspecified atom stereocenters.